The van der Waals surface area contributed by atoms with Crippen LogP contribution in [0.25, 0.3) is 5.69 Å². The summed E-state index contributed by atoms with van der Waals surface area (Å²) in [5.74, 6) is -3.11. The summed E-state index contributed by atoms with van der Waals surface area (Å²) in [5.41, 5.74) is 1.17. The molecule has 1 atom stereocenters. The Kier molecular flexibility index (Phi) is 6.42. The van der Waals surface area contributed by atoms with Gasteiger partial charge in [0.05, 0.1) is 23.0 Å². The van der Waals surface area contributed by atoms with Crippen molar-refractivity contribution in [2.75, 3.05) is 11.9 Å². The molecule has 4 rings (SSSR count). The number of fused-ring (bicyclic) bond motifs is 1. The molecule has 3 aromatic rings. The fourth-order valence-corrected chi connectivity index (χ4v) is 3.84. The van der Waals surface area contributed by atoms with Crippen LogP contribution in [0.1, 0.15) is 40.1 Å². The van der Waals surface area contributed by atoms with Gasteiger partial charge in [-0.3, -0.25) is 19.3 Å². The highest BCUT2D eigenvalue weighted by atomic mass is 16.5. The van der Waals surface area contributed by atoms with Crippen LogP contribution in [-0.4, -0.2) is 51.0 Å². The van der Waals surface area contributed by atoms with E-state index < -0.39 is 42.3 Å². The first kappa shape index (κ1) is 23.4. The number of amides is 3. The SMILES string of the molecule is CC(C)[C@@H](C(=O)OCC(=O)Nc1c(C#N)cnn1-c1ccccc1)N1C(=O)c2ccccc2C1=O. The Morgan fingerprint density at radius 2 is 1.63 bits per heavy atom. The summed E-state index contributed by atoms with van der Waals surface area (Å²) in [6, 6.07) is 15.9. The number of carbonyl (C=O) groups excluding carboxylic acids is 4. The number of nitrogens with one attached hydrogen (secondary N) is 1. The van der Waals surface area contributed by atoms with E-state index in [0.717, 1.165) is 4.90 Å². The molecule has 0 spiro atoms. The van der Waals surface area contributed by atoms with E-state index in [0.29, 0.717) is 5.69 Å². The van der Waals surface area contributed by atoms with Gasteiger partial charge in [0.15, 0.2) is 12.4 Å². The van der Waals surface area contributed by atoms with Gasteiger partial charge in [-0.05, 0) is 30.2 Å². The summed E-state index contributed by atoms with van der Waals surface area (Å²) in [6.45, 7) is 2.66. The molecule has 0 saturated carbocycles. The number of benzene rings is 2. The van der Waals surface area contributed by atoms with Crippen LogP contribution in [0.4, 0.5) is 5.82 Å². The molecule has 10 heteroatoms. The topological polar surface area (TPSA) is 134 Å². The lowest BCUT2D eigenvalue weighted by Crippen LogP contribution is -2.49. The monoisotopic (exact) mass is 471 g/mol. The lowest BCUT2D eigenvalue weighted by atomic mass is 10.0. The predicted octanol–water partition coefficient (Wildman–Crippen LogP) is 2.55. The molecule has 0 aliphatic carbocycles. The smallest absolute Gasteiger partial charge is 0.330 e. The number of hydrogen-bond donors (Lipinski definition) is 1. The highest BCUT2D eigenvalue weighted by Gasteiger charge is 2.44. The minimum Gasteiger partial charge on any atom is -0.454 e. The number of carbonyl (C=O) groups is 4. The molecule has 1 aliphatic heterocycles. The molecule has 10 nitrogen and oxygen atoms in total. The van der Waals surface area contributed by atoms with E-state index in [9.17, 15) is 24.4 Å². The fraction of sp³-hybridized carbons (Fsp3) is 0.200. The van der Waals surface area contributed by atoms with E-state index in [1.807, 2.05) is 12.1 Å². The van der Waals surface area contributed by atoms with Crippen molar-refractivity contribution in [2.45, 2.75) is 19.9 Å². The number of para-hydroxylation sites is 1. The average molecular weight is 471 g/mol. The summed E-state index contributed by atoms with van der Waals surface area (Å²) in [4.78, 5) is 52.1. The molecule has 35 heavy (non-hydrogen) atoms. The van der Waals surface area contributed by atoms with Gasteiger partial charge < -0.3 is 10.1 Å². The molecular formula is C25H21N5O5. The van der Waals surface area contributed by atoms with Crippen LogP contribution in [0.15, 0.2) is 60.8 Å². The molecule has 0 radical (unpaired) electrons. The lowest BCUT2D eigenvalue weighted by molar-refractivity contribution is -0.152. The first-order valence-corrected chi connectivity index (χ1v) is 10.8. The first-order chi connectivity index (χ1) is 16.8. The standard InChI is InChI=1S/C25H21N5O5/c1-15(2)21(29-23(32)18-10-6-7-11-19(18)24(29)33)25(34)35-14-20(31)28-22-16(12-26)13-27-30(22)17-8-4-3-5-9-17/h3-11,13,15,21H,14H2,1-2H3,(H,28,31)/t21-/m0/s1. The van der Waals surface area contributed by atoms with Gasteiger partial charge >= 0.3 is 5.97 Å². The van der Waals surface area contributed by atoms with Crippen molar-refractivity contribution in [2.24, 2.45) is 5.92 Å². The summed E-state index contributed by atoms with van der Waals surface area (Å²) in [7, 11) is 0. The second-order valence-electron chi connectivity index (χ2n) is 8.14. The third kappa shape index (κ3) is 4.39. The van der Waals surface area contributed by atoms with E-state index in [2.05, 4.69) is 10.4 Å². The molecule has 176 valence electrons. The number of hydrogen-bond acceptors (Lipinski definition) is 7. The number of nitrogens with zero attached hydrogens (tertiary/aromatic N) is 4. The summed E-state index contributed by atoms with van der Waals surface area (Å²) >= 11 is 0. The molecule has 1 aliphatic rings. The van der Waals surface area contributed by atoms with Crippen LogP contribution in [0.2, 0.25) is 0 Å². The molecule has 3 amide bonds. The zero-order chi connectivity index (χ0) is 25.1. The third-order valence-electron chi connectivity index (χ3n) is 5.47. The molecule has 2 aromatic carbocycles. The van der Waals surface area contributed by atoms with Crippen molar-refractivity contribution >= 4 is 29.5 Å². The van der Waals surface area contributed by atoms with E-state index in [-0.39, 0.29) is 22.5 Å². The summed E-state index contributed by atoms with van der Waals surface area (Å²) in [6.07, 6.45) is 1.31. The van der Waals surface area contributed by atoms with Gasteiger partial charge in [-0.15, -0.1) is 0 Å². The summed E-state index contributed by atoms with van der Waals surface area (Å²) < 4.78 is 6.58. The zero-order valence-corrected chi connectivity index (χ0v) is 19.0. The van der Waals surface area contributed by atoms with Crippen molar-refractivity contribution in [3.8, 4) is 11.8 Å². The van der Waals surface area contributed by atoms with E-state index >= 15 is 0 Å². The Labute approximate surface area is 200 Å². The Bertz CT molecular complexity index is 1320. The van der Waals surface area contributed by atoms with E-state index in [1.54, 1.807) is 50.2 Å². The predicted molar refractivity (Wildman–Crippen MR) is 123 cm³/mol. The van der Waals surface area contributed by atoms with Gasteiger partial charge in [0, 0.05) is 0 Å². The van der Waals surface area contributed by atoms with Crippen molar-refractivity contribution in [1.82, 2.24) is 14.7 Å². The number of ether oxygens (including phenoxy) is 1. The first-order valence-electron chi connectivity index (χ1n) is 10.8. The molecular weight excluding hydrogens is 450 g/mol. The molecule has 2 heterocycles. The van der Waals surface area contributed by atoms with Gasteiger partial charge in [-0.25, -0.2) is 9.48 Å². The maximum absolute atomic E-state index is 12.9. The number of aromatic nitrogens is 2. The fourth-order valence-electron chi connectivity index (χ4n) is 3.84. The van der Waals surface area contributed by atoms with Gasteiger partial charge in [0.25, 0.3) is 17.7 Å². The van der Waals surface area contributed by atoms with Crippen LogP contribution < -0.4 is 5.32 Å². The Hall–Kier alpha value is -4.78. The van der Waals surface area contributed by atoms with Gasteiger partial charge in [0.2, 0.25) is 0 Å². The molecule has 0 unspecified atom stereocenters. The minimum absolute atomic E-state index is 0.125. The van der Waals surface area contributed by atoms with Crippen molar-refractivity contribution in [1.29, 1.82) is 5.26 Å². The van der Waals surface area contributed by atoms with Crippen LogP contribution in [0.5, 0.6) is 0 Å². The highest BCUT2D eigenvalue weighted by molar-refractivity contribution is 6.22. The Morgan fingerprint density at radius 1 is 1.03 bits per heavy atom. The zero-order valence-electron chi connectivity index (χ0n) is 19.0. The van der Waals surface area contributed by atoms with E-state index in [4.69, 9.17) is 4.74 Å². The number of esters is 1. The second kappa shape index (κ2) is 9.61. The largest absolute Gasteiger partial charge is 0.454 e. The van der Waals surface area contributed by atoms with E-state index in [1.165, 1.54) is 23.0 Å². The number of imide groups is 1. The second-order valence-corrected chi connectivity index (χ2v) is 8.14. The van der Waals surface area contributed by atoms with Crippen molar-refractivity contribution in [3.05, 3.63) is 77.5 Å². The molecule has 1 N–H and O–H groups in total. The van der Waals surface area contributed by atoms with Gasteiger partial charge in [-0.1, -0.05) is 44.2 Å². The molecule has 0 saturated heterocycles. The quantitative estimate of drug-likeness (QED) is 0.413. The maximum atomic E-state index is 12.9. The number of anilines is 1. The van der Waals surface area contributed by atoms with Crippen LogP contribution in [0.3, 0.4) is 0 Å². The molecule has 1 aromatic heterocycles. The number of nitriles is 1. The third-order valence-corrected chi connectivity index (χ3v) is 5.47. The maximum Gasteiger partial charge on any atom is 0.330 e. The normalized spacial score (nSPS) is 13.4. The van der Waals surface area contributed by atoms with Crippen molar-refractivity contribution in [3.63, 3.8) is 0 Å². The van der Waals surface area contributed by atoms with Crippen molar-refractivity contribution < 1.29 is 23.9 Å². The van der Waals surface area contributed by atoms with Crippen LogP contribution >= 0.6 is 0 Å². The minimum atomic E-state index is -1.21. The van der Waals surface area contributed by atoms with Gasteiger partial charge in [0.1, 0.15) is 17.7 Å². The van der Waals surface area contributed by atoms with Crippen LogP contribution in [-0.2, 0) is 14.3 Å². The summed E-state index contributed by atoms with van der Waals surface area (Å²) in [5, 5.41) is 16.1. The molecule has 0 bridgehead atoms. The highest BCUT2D eigenvalue weighted by Crippen LogP contribution is 2.27. The van der Waals surface area contributed by atoms with Gasteiger partial charge in [-0.2, -0.15) is 10.4 Å². The Balaban J connectivity index is 1.47. The van der Waals surface area contributed by atoms with Crippen LogP contribution in [0, 0.1) is 17.2 Å². The number of rotatable bonds is 7. The molecule has 0 fully saturated rings. The average Bonchev–Trinajstić information content (AvgIpc) is 3.37. The lowest BCUT2D eigenvalue weighted by Gasteiger charge is -2.27. The Morgan fingerprint density at radius 3 is 2.20 bits per heavy atom.